The molecule has 0 spiro atoms. The predicted octanol–water partition coefficient (Wildman–Crippen LogP) is 4.64. The molecule has 3 aromatic rings. The smallest absolute Gasteiger partial charge is 0.124 e. The van der Waals surface area contributed by atoms with E-state index in [0.717, 1.165) is 37.6 Å². The minimum atomic E-state index is 0.384. The van der Waals surface area contributed by atoms with E-state index >= 15 is 0 Å². The summed E-state index contributed by atoms with van der Waals surface area (Å²) in [5.41, 5.74) is 3.65. The van der Waals surface area contributed by atoms with E-state index in [-0.39, 0.29) is 0 Å². The Morgan fingerprint density at radius 1 is 1.20 bits per heavy atom. The predicted molar refractivity (Wildman–Crippen MR) is 105 cm³/mol. The Balaban J connectivity index is 1.89. The average molecular weight is 358 g/mol. The van der Waals surface area contributed by atoms with Gasteiger partial charge in [0.05, 0.1) is 24.2 Å². The number of imidazole rings is 1. The topological polar surface area (TPSA) is 30.3 Å². The second-order valence-corrected chi connectivity index (χ2v) is 7.71. The van der Waals surface area contributed by atoms with Crippen molar-refractivity contribution < 1.29 is 4.74 Å². The van der Waals surface area contributed by atoms with Gasteiger partial charge in [-0.05, 0) is 49.9 Å². The molecule has 2 heterocycles. The van der Waals surface area contributed by atoms with Crippen LogP contribution in [0.5, 0.6) is 0 Å². The first-order valence-corrected chi connectivity index (χ1v) is 9.68. The van der Waals surface area contributed by atoms with Gasteiger partial charge in [0.1, 0.15) is 5.82 Å². The van der Waals surface area contributed by atoms with Crippen molar-refractivity contribution in [3.05, 3.63) is 52.0 Å². The van der Waals surface area contributed by atoms with Gasteiger partial charge in [-0.25, -0.2) is 4.98 Å². The van der Waals surface area contributed by atoms with Gasteiger partial charge in [-0.1, -0.05) is 12.1 Å². The molecule has 0 saturated carbocycles. The molecule has 0 aliphatic heterocycles. The number of para-hydroxylation sites is 2. The highest BCUT2D eigenvalue weighted by Gasteiger charge is 2.17. The van der Waals surface area contributed by atoms with Gasteiger partial charge < -0.3 is 9.30 Å². The lowest BCUT2D eigenvalue weighted by molar-refractivity contribution is 0.138. The Kier molecular flexibility index (Phi) is 5.89. The summed E-state index contributed by atoms with van der Waals surface area (Å²) >= 11 is 1.83. The lowest BCUT2D eigenvalue weighted by Crippen LogP contribution is -2.28. The maximum atomic E-state index is 5.33. The Morgan fingerprint density at radius 2 is 2.00 bits per heavy atom. The van der Waals surface area contributed by atoms with Crippen molar-refractivity contribution in [1.82, 2.24) is 14.5 Å². The van der Waals surface area contributed by atoms with Crippen LogP contribution in [0.1, 0.15) is 36.2 Å². The van der Waals surface area contributed by atoms with Crippen molar-refractivity contribution in [2.75, 3.05) is 20.3 Å². The maximum Gasteiger partial charge on any atom is 0.124 e. The van der Waals surface area contributed by atoms with Crippen LogP contribution in [0, 0.1) is 6.92 Å². The second kappa shape index (κ2) is 8.13. The summed E-state index contributed by atoms with van der Waals surface area (Å²) in [6.07, 6.45) is 0. The Bertz CT molecular complexity index is 821. The number of benzene rings is 1. The van der Waals surface area contributed by atoms with Crippen molar-refractivity contribution >= 4 is 22.4 Å². The number of nitrogens with zero attached hydrogens (tertiary/aromatic N) is 3. The molecule has 5 heteroatoms. The molecule has 0 bridgehead atoms. The number of rotatable bonds is 8. The van der Waals surface area contributed by atoms with Gasteiger partial charge in [-0.3, -0.25) is 4.90 Å². The number of methoxy groups -OCH3 is 1. The van der Waals surface area contributed by atoms with Crippen molar-refractivity contribution in [2.45, 2.75) is 39.9 Å². The molecule has 0 radical (unpaired) electrons. The third kappa shape index (κ3) is 4.11. The highest BCUT2D eigenvalue weighted by molar-refractivity contribution is 7.10. The monoisotopic (exact) mass is 357 g/mol. The summed E-state index contributed by atoms with van der Waals surface area (Å²) in [6, 6.07) is 11.0. The fourth-order valence-electron chi connectivity index (χ4n) is 3.19. The van der Waals surface area contributed by atoms with Crippen molar-refractivity contribution in [2.24, 2.45) is 0 Å². The molecule has 0 unspecified atom stereocenters. The first-order valence-electron chi connectivity index (χ1n) is 8.80. The SMILES string of the molecule is COCCN(Cc1sccc1C)Cc1nc2ccccc2n1C(C)C. The summed E-state index contributed by atoms with van der Waals surface area (Å²) in [6.45, 7) is 10.0. The molecule has 0 amide bonds. The number of thiophene rings is 1. The Morgan fingerprint density at radius 3 is 2.68 bits per heavy atom. The van der Waals surface area contributed by atoms with Crippen LogP contribution < -0.4 is 0 Å². The van der Waals surface area contributed by atoms with Crippen LogP contribution in [-0.2, 0) is 17.8 Å². The van der Waals surface area contributed by atoms with Crippen LogP contribution in [0.15, 0.2) is 35.7 Å². The van der Waals surface area contributed by atoms with Gasteiger partial charge in [0.2, 0.25) is 0 Å². The number of ether oxygens (including phenoxy) is 1. The molecule has 0 fully saturated rings. The maximum absolute atomic E-state index is 5.33. The van der Waals surface area contributed by atoms with E-state index in [1.807, 2.05) is 11.3 Å². The van der Waals surface area contributed by atoms with Gasteiger partial charge in [0.25, 0.3) is 0 Å². The van der Waals surface area contributed by atoms with Crippen LogP contribution in [0.25, 0.3) is 11.0 Å². The zero-order valence-corrected chi connectivity index (χ0v) is 16.3. The number of hydrogen-bond donors (Lipinski definition) is 0. The minimum Gasteiger partial charge on any atom is -0.383 e. The molecule has 4 nitrogen and oxygen atoms in total. The Hall–Kier alpha value is -1.69. The number of aryl methyl sites for hydroxylation is 1. The van der Waals surface area contributed by atoms with Gasteiger partial charge >= 0.3 is 0 Å². The van der Waals surface area contributed by atoms with Crippen molar-refractivity contribution in [3.63, 3.8) is 0 Å². The van der Waals surface area contributed by atoms with Crippen LogP contribution in [0.2, 0.25) is 0 Å². The molecule has 0 aliphatic rings. The molecule has 1 aromatic carbocycles. The molecule has 0 N–H and O–H groups in total. The molecule has 25 heavy (non-hydrogen) atoms. The summed E-state index contributed by atoms with van der Waals surface area (Å²) < 4.78 is 7.69. The van der Waals surface area contributed by atoms with Gasteiger partial charge in [0.15, 0.2) is 0 Å². The summed E-state index contributed by atoms with van der Waals surface area (Å²) in [5, 5.41) is 2.17. The van der Waals surface area contributed by atoms with Crippen molar-refractivity contribution in [3.8, 4) is 0 Å². The van der Waals surface area contributed by atoms with Crippen LogP contribution >= 0.6 is 11.3 Å². The van der Waals surface area contributed by atoms with Crippen molar-refractivity contribution in [1.29, 1.82) is 0 Å². The normalized spacial score (nSPS) is 11.9. The fraction of sp³-hybridized carbons (Fsp3) is 0.450. The summed E-state index contributed by atoms with van der Waals surface area (Å²) in [4.78, 5) is 8.77. The molecular weight excluding hydrogens is 330 g/mol. The minimum absolute atomic E-state index is 0.384. The van der Waals surface area contributed by atoms with E-state index in [0.29, 0.717) is 6.04 Å². The Labute approximate surface area is 154 Å². The molecule has 134 valence electrons. The fourth-order valence-corrected chi connectivity index (χ4v) is 4.13. The number of fused-ring (bicyclic) bond motifs is 1. The van der Waals surface area contributed by atoms with Gasteiger partial charge in [0, 0.05) is 31.1 Å². The third-order valence-electron chi connectivity index (χ3n) is 4.50. The van der Waals surface area contributed by atoms with E-state index in [1.54, 1.807) is 7.11 Å². The summed E-state index contributed by atoms with van der Waals surface area (Å²) in [7, 11) is 1.76. The van der Waals surface area contributed by atoms with E-state index in [9.17, 15) is 0 Å². The lowest BCUT2D eigenvalue weighted by Gasteiger charge is -2.23. The van der Waals surface area contributed by atoms with Crippen LogP contribution in [-0.4, -0.2) is 34.7 Å². The zero-order valence-electron chi connectivity index (χ0n) is 15.5. The largest absolute Gasteiger partial charge is 0.383 e. The van der Waals surface area contributed by atoms with E-state index in [2.05, 4.69) is 66.0 Å². The first-order chi connectivity index (χ1) is 12.1. The van der Waals surface area contributed by atoms with E-state index in [1.165, 1.54) is 16.0 Å². The first kappa shape index (κ1) is 18.1. The third-order valence-corrected chi connectivity index (χ3v) is 5.51. The van der Waals surface area contributed by atoms with Gasteiger partial charge in [-0.2, -0.15) is 0 Å². The number of hydrogen-bond acceptors (Lipinski definition) is 4. The van der Waals surface area contributed by atoms with E-state index in [4.69, 9.17) is 9.72 Å². The van der Waals surface area contributed by atoms with Gasteiger partial charge in [-0.15, -0.1) is 11.3 Å². The van der Waals surface area contributed by atoms with Crippen LogP contribution in [0.4, 0.5) is 0 Å². The average Bonchev–Trinajstić information content (AvgIpc) is 3.15. The van der Waals surface area contributed by atoms with Crippen LogP contribution in [0.3, 0.4) is 0 Å². The number of aromatic nitrogens is 2. The quantitative estimate of drug-likeness (QED) is 0.588. The summed E-state index contributed by atoms with van der Waals surface area (Å²) in [5.74, 6) is 1.13. The molecule has 0 aliphatic carbocycles. The lowest BCUT2D eigenvalue weighted by atomic mass is 10.2. The van der Waals surface area contributed by atoms with E-state index < -0.39 is 0 Å². The standard InChI is InChI=1S/C20H27N3OS/c1-15(2)23-18-8-6-5-7-17(18)21-20(23)14-22(10-11-24-4)13-19-16(3)9-12-25-19/h5-9,12,15H,10-11,13-14H2,1-4H3. The highest BCUT2D eigenvalue weighted by atomic mass is 32.1. The molecule has 0 atom stereocenters. The molecule has 2 aromatic heterocycles. The molecular formula is C20H27N3OS. The zero-order chi connectivity index (χ0) is 17.8. The second-order valence-electron chi connectivity index (χ2n) is 6.71. The molecule has 0 saturated heterocycles. The molecule has 3 rings (SSSR count). The highest BCUT2D eigenvalue weighted by Crippen LogP contribution is 2.24.